The number of rotatable bonds is 6. The molecule has 1 fully saturated rings. The number of nitrogens with zero attached hydrogens (tertiary/aromatic N) is 2. The van der Waals surface area contributed by atoms with Crippen molar-refractivity contribution in [2.75, 3.05) is 5.32 Å². The van der Waals surface area contributed by atoms with E-state index in [0.29, 0.717) is 11.2 Å². The van der Waals surface area contributed by atoms with Crippen molar-refractivity contribution >= 4 is 17.4 Å². The first-order chi connectivity index (χ1) is 8.20. The van der Waals surface area contributed by atoms with Crippen LogP contribution in [0.2, 0.25) is 5.15 Å². The standard InChI is InChI=1S/C13H20ClN3/c1-3-4-11-12(14)15-8-16-13(11)17-9(2)7-10-5-6-10/h8-10H,3-7H2,1-2H3,(H,15,16,17). The second-order valence-electron chi connectivity index (χ2n) is 4.97. The number of hydrogen-bond donors (Lipinski definition) is 1. The van der Waals surface area contributed by atoms with Gasteiger partial charge in [0.15, 0.2) is 0 Å². The van der Waals surface area contributed by atoms with Crippen molar-refractivity contribution in [3.8, 4) is 0 Å². The lowest BCUT2D eigenvalue weighted by molar-refractivity contribution is 0.638. The first-order valence-electron chi connectivity index (χ1n) is 6.46. The molecule has 0 saturated heterocycles. The fourth-order valence-electron chi connectivity index (χ4n) is 2.13. The highest BCUT2D eigenvalue weighted by Crippen LogP contribution is 2.34. The van der Waals surface area contributed by atoms with Crippen molar-refractivity contribution in [3.63, 3.8) is 0 Å². The van der Waals surface area contributed by atoms with Crippen molar-refractivity contribution < 1.29 is 0 Å². The third kappa shape index (κ3) is 3.56. The van der Waals surface area contributed by atoms with Crippen LogP contribution in [-0.2, 0) is 6.42 Å². The molecular weight excluding hydrogens is 234 g/mol. The van der Waals surface area contributed by atoms with Gasteiger partial charge in [-0.3, -0.25) is 0 Å². The Morgan fingerprint density at radius 2 is 2.24 bits per heavy atom. The highest BCUT2D eigenvalue weighted by Gasteiger charge is 2.24. The summed E-state index contributed by atoms with van der Waals surface area (Å²) in [5.74, 6) is 1.84. The van der Waals surface area contributed by atoms with Crippen molar-refractivity contribution in [2.24, 2.45) is 5.92 Å². The number of anilines is 1. The quantitative estimate of drug-likeness (QED) is 0.786. The fourth-order valence-corrected chi connectivity index (χ4v) is 2.36. The van der Waals surface area contributed by atoms with Crippen LogP contribution in [0.4, 0.5) is 5.82 Å². The molecule has 1 aromatic heterocycles. The van der Waals surface area contributed by atoms with E-state index in [2.05, 4.69) is 29.1 Å². The van der Waals surface area contributed by atoms with Gasteiger partial charge in [0.25, 0.3) is 0 Å². The topological polar surface area (TPSA) is 37.8 Å². The average molecular weight is 254 g/mol. The maximum Gasteiger partial charge on any atom is 0.137 e. The number of halogens is 1. The summed E-state index contributed by atoms with van der Waals surface area (Å²) in [4.78, 5) is 8.37. The Labute approximate surface area is 108 Å². The van der Waals surface area contributed by atoms with Crippen molar-refractivity contribution in [2.45, 2.75) is 52.0 Å². The van der Waals surface area contributed by atoms with Gasteiger partial charge in [-0.1, -0.05) is 37.8 Å². The molecule has 0 spiro atoms. The Morgan fingerprint density at radius 1 is 1.47 bits per heavy atom. The minimum Gasteiger partial charge on any atom is -0.367 e. The van der Waals surface area contributed by atoms with E-state index in [1.54, 1.807) is 0 Å². The van der Waals surface area contributed by atoms with Gasteiger partial charge in [-0.25, -0.2) is 9.97 Å². The minimum atomic E-state index is 0.462. The van der Waals surface area contributed by atoms with E-state index < -0.39 is 0 Å². The molecule has 0 radical (unpaired) electrons. The zero-order valence-corrected chi connectivity index (χ0v) is 11.3. The summed E-state index contributed by atoms with van der Waals surface area (Å²) in [6.07, 6.45) is 7.52. The van der Waals surface area contributed by atoms with Crippen LogP contribution in [-0.4, -0.2) is 16.0 Å². The lowest BCUT2D eigenvalue weighted by Crippen LogP contribution is -2.18. The summed E-state index contributed by atoms with van der Waals surface area (Å²) in [7, 11) is 0. The summed E-state index contributed by atoms with van der Waals surface area (Å²) >= 11 is 6.12. The second-order valence-corrected chi connectivity index (χ2v) is 5.32. The van der Waals surface area contributed by atoms with Crippen LogP contribution in [0.15, 0.2) is 6.33 Å². The monoisotopic (exact) mass is 253 g/mol. The van der Waals surface area contributed by atoms with Gasteiger partial charge in [-0.15, -0.1) is 0 Å². The molecule has 1 atom stereocenters. The molecular formula is C13H20ClN3. The Bertz CT molecular complexity index is 377. The van der Waals surface area contributed by atoms with Crippen LogP contribution in [0.3, 0.4) is 0 Å². The predicted molar refractivity (Wildman–Crippen MR) is 71.5 cm³/mol. The molecule has 1 N–H and O–H groups in total. The van der Waals surface area contributed by atoms with Crippen LogP contribution in [0.25, 0.3) is 0 Å². The van der Waals surface area contributed by atoms with Crippen LogP contribution < -0.4 is 5.32 Å². The fraction of sp³-hybridized carbons (Fsp3) is 0.692. The summed E-state index contributed by atoms with van der Waals surface area (Å²) in [6, 6.07) is 0.462. The predicted octanol–water partition coefficient (Wildman–Crippen LogP) is 3.68. The molecule has 2 rings (SSSR count). The van der Waals surface area contributed by atoms with Gasteiger partial charge < -0.3 is 5.32 Å². The highest BCUT2D eigenvalue weighted by molar-refractivity contribution is 6.30. The molecule has 0 amide bonds. The van der Waals surface area contributed by atoms with Gasteiger partial charge in [-0.05, 0) is 25.7 Å². The van der Waals surface area contributed by atoms with E-state index in [1.807, 2.05) is 0 Å². The van der Waals surface area contributed by atoms with Crippen LogP contribution in [0.1, 0.15) is 45.1 Å². The van der Waals surface area contributed by atoms with Crippen molar-refractivity contribution in [1.29, 1.82) is 0 Å². The number of hydrogen-bond acceptors (Lipinski definition) is 3. The zero-order chi connectivity index (χ0) is 12.3. The van der Waals surface area contributed by atoms with Gasteiger partial charge in [0.1, 0.15) is 17.3 Å². The molecule has 1 aromatic rings. The SMILES string of the molecule is CCCc1c(Cl)ncnc1NC(C)CC1CC1. The van der Waals surface area contributed by atoms with Crippen LogP contribution in [0, 0.1) is 5.92 Å². The van der Waals surface area contributed by atoms with E-state index in [4.69, 9.17) is 11.6 Å². The Morgan fingerprint density at radius 3 is 2.88 bits per heavy atom. The Kier molecular flexibility index (Phi) is 4.21. The average Bonchev–Trinajstić information content (AvgIpc) is 3.07. The normalized spacial score (nSPS) is 16.9. The van der Waals surface area contributed by atoms with Gasteiger partial charge in [0.05, 0.1) is 0 Å². The summed E-state index contributed by atoms with van der Waals surface area (Å²) in [5, 5.41) is 4.06. The molecule has 0 aliphatic heterocycles. The molecule has 0 aromatic carbocycles. The molecule has 0 bridgehead atoms. The maximum atomic E-state index is 6.12. The molecule has 1 saturated carbocycles. The molecule has 3 nitrogen and oxygen atoms in total. The van der Waals surface area contributed by atoms with E-state index in [1.165, 1.54) is 25.6 Å². The molecule has 1 aliphatic rings. The first kappa shape index (κ1) is 12.6. The molecule has 94 valence electrons. The highest BCUT2D eigenvalue weighted by atomic mass is 35.5. The van der Waals surface area contributed by atoms with Gasteiger partial charge >= 0.3 is 0 Å². The molecule has 1 unspecified atom stereocenters. The summed E-state index contributed by atoms with van der Waals surface area (Å²) < 4.78 is 0. The minimum absolute atomic E-state index is 0.462. The zero-order valence-electron chi connectivity index (χ0n) is 10.5. The smallest absolute Gasteiger partial charge is 0.137 e. The maximum absolute atomic E-state index is 6.12. The third-order valence-electron chi connectivity index (χ3n) is 3.16. The number of nitrogens with one attached hydrogen (secondary N) is 1. The van der Waals surface area contributed by atoms with E-state index >= 15 is 0 Å². The van der Waals surface area contributed by atoms with Crippen LogP contribution >= 0.6 is 11.6 Å². The first-order valence-corrected chi connectivity index (χ1v) is 6.84. The van der Waals surface area contributed by atoms with Gasteiger partial charge in [0.2, 0.25) is 0 Å². The lowest BCUT2D eigenvalue weighted by atomic mass is 10.1. The van der Waals surface area contributed by atoms with Crippen LogP contribution in [0.5, 0.6) is 0 Å². The van der Waals surface area contributed by atoms with E-state index in [0.717, 1.165) is 30.1 Å². The van der Waals surface area contributed by atoms with Gasteiger partial charge in [-0.2, -0.15) is 0 Å². The third-order valence-corrected chi connectivity index (χ3v) is 3.49. The van der Waals surface area contributed by atoms with E-state index in [9.17, 15) is 0 Å². The van der Waals surface area contributed by atoms with E-state index in [-0.39, 0.29) is 0 Å². The van der Waals surface area contributed by atoms with Crippen molar-refractivity contribution in [1.82, 2.24) is 9.97 Å². The Hall–Kier alpha value is -0.830. The molecule has 4 heteroatoms. The molecule has 1 heterocycles. The lowest BCUT2D eigenvalue weighted by Gasteiger charge is -2.17. The van der Waals surface area contributed by atoms with Gasteiger partial charge in [0, 0.05) is 11.6 Å². The molecule has 17 heavy (non-hydrogen) atoms. The number of aromatic nitrogens is 2. The largest absolute Gasteiger partial charge is 0.367 e. The van der Waals surface area contributed by atoms with Crippen molar-refractivity contribution in [3.05, 3.63) is 17.0 Å². The Balaban J connectivity index is 2.04. The molecule has 1 aliphatic carbocycles. The summed E-state index contributed by atoms with van der Waals surface area (Å²) in [5.41, 5.74) is 1.05. The second kappa shape index (κ2) is 5.67. The summed E-state index contributed by atoms with van der Waals surface area (Å²) in [6.45, 7) is 4.35.